The summed E-state index contributed by atoms with van der Waals surface area (Å²) >= 11 is 6.18. The van der Waals surface area contributed by atoms with Crippen molar-refractivity contribution in [2.45, 2.75) is 40.2 Å². The van der Waals surface area contributed by atoms with Gasteiger partial charge in [0.15, 0.2) is 0 Å². The van der Waals surface area contributed by atoms with E-state index < -0.39 is 0 Å². The van der Waals surface area contributed by atoms with Gasteiger partial charge >= 0.3 is 0 Å². The Hall–Kier alpha value is -0.730. The maximum Gasteiger partial charge on any atom is 0.137 e. The first-order valence-corrected chi connectivity index (χ1v) is 6.95. The van der Waals surface area contributed by atoms with E-state index in [0.717, 1.165) is 17.7 Å². The van der Waals surface area contributed by atoms with Crippen molar-refractivity contribution in [3.63, 3.8) is 0 Å². The molecule has 0 aliphatic rings. The number of benzene rings is 1. The van der Waals surface area contributed by atoms with E-state index in [1.807, 2.05) is 25.1 Å². The Morgan fingerprint density at radius 1 is 1.22 bits per heavy atom. The maximum atomic E-state index is 6.18. The zero-order valence-electron chi connectivity index (χ0n) is 11.7. The van der Waals surface area contributed by atoms with Crippen LogP contribution in [0.2, 0.25) is 5.02 Å². The van der Waals surface area contributed by atoms with E-state index in [-0.39, 0.29) is 6.04 Å². The largest absolute Gasteiger partial charge is 0.492 e. The minimum Gasteiger partial charge on any atom is -0.492 e. The molecule has 0 amide bonds. The van der Waals surface area contributed by atoms with E-state index in [4.69, 9.17) is 22.1 Å². The Bertz CT molecular complexity index is 377. The molecule has 0 fully saturated rings. The van der Waals surface area contributed by atoms with Gasteiger partial charge in [0.2, 0.25) is 0 Å². The molecular formula is C15H24ClNO. The Kier molecular flexibility index (Phi) is 5.97. The Morgan fingerprint density at radius 3 is 2.39 bits per heavy atom. The molecule has 0 heterocycles. The van der Waals surface area contributed by atoms with Gasteiger partial charge in [-0.1, -0.05) is 38.4 Å². The first kappa shape index (κ1) is 15.3. The van der Waals surface area contributed by atoms with Crippen molar-refractivity contribution in [2.24, 2.45) is 17.6 Å². The summed E-state index contributed by atoms with van der Waals surface area (Å²) in [7, 11) is 0. The molecule has 1 unspecified atom stereocenters. The minimum absolute atomic E-state index is 0.00332. The number of hydrogen-bond acceptors (Lipinski definition) is 2. The molecule has 2 N–H and O–H groups in total. The van der Waals surface area contributed by atoms with Crippen LogP contribution in [-0.2, 0) is 0 Å². The van der Waals surface area contributed by atoms with Crippen LogP contribution in [0.25, 0.3) is 0 Å². The van der Waals surface area contributed by atoms with Gasteiger partial charge in [0, 0.05) is 6.04 Å². The molecule has 3 heteroatoms. The first-order chi connectivity index (χ1) is 8.40. The second-order valence-electron chi connectivity index (χ2n) is 5.52. The van der Waals surface area contributed by atoms with Gasteiger partial charge in [-0.2, -0.15) is 0 Å². The molecule has 0 aromatic heterocycles. The highest BCUT2D eigenvalue weighted by Gasteiger charge is 2.09. The van der Waals surface area contributed by atoms with Gasteiger partial charge in [0.25, 0.3) is 0 Å². The van der Waals surface area contributed by atoms with E-state index in [0.29, 0.717) is 23.5 Å². The molecule has 1 aromatic carbocycles. The summed E-state index contributed by atoms with van der Waals surface area (Å²) in [5.41, 5.74) is 6.84. The quantitative estimate of drug-likeness (QED) is 0.830. The van der Waals surface area contributed by atoms with Crippen molar-refractivity contribution >= 4 is 11.6 Å². The molecule has 2 atom stereocenters. The van der Waals surface area contributed by atoms with Gasteiger partial charge in [-0.15, -0.1) is 0 Å². The molecule has 0 aliphatic carbocycles. The molecular weight excluding hydrogens is 246 g/mol. The molecule has 0 aliphatic heterocycles. The summed E-state index contributed by atoms with van der Waals surface area (Å²) in [6.45, 7) is 9.29. The lowest BCUT2D eigenvalue weighted by atomic mass is 10.00. The summed E-state index contributed by atoms with van der Waals surface area (Å²) in [6.07, 6.45) is 1.16. The summed E-state index contributed by atoms with van der Waals surface area (Å²) in [4.78, 5) is 0. The Balaban J connectivity index is 2.58. The molecule has 0 saturated carbocycles. The lowest BCUT2D eigenvalue weighted by molar-refractivity contribution is 0.239. The molecule has 1 rings (SSSR count). The highest BCUT2D eigenvalue weighted by Crippen LogP contribution is 2.28. The fourth-order valence-electron chi connectivity index (χ4n) is 2.02. The third kappa shape index (κ3) is 4.87. The lowest BCUT2D eigenvalue weighted by Crippen LogP contribution is -2.11. The highest BCUT2D eigenvalue weighted by molar-refractivity contribution is 6.32. The molecule has 1 aromatic rings. The fraction of sp³-hybridized carbons (Fsp3) is 0.600. The van der Waals surface area contributed by atoms with Crippen molar-refractivity contribution in [2.75, 3.05) is 6.61 Å². The van der Waals surface area contributed by atoms with Crippen LogP contribution >= 0.6 is 11.6 Å². The second-order valence-corrected chi connectivity index (χ2v) is 5.93. The zero-order valence-corrected chi connectivity index (χ0v) is 12.5. The summed E-state index contributed by atoms with van der Waals surface area (Å²) in [5, 5.41) is 0.640. The van der Waals surface area contributed by atoms with Crippen LogP contribution in [-0.4, -0.2) is 6.61 Å². The third-order valence-corrected chi connectivity index (χ3v) is 3.17. The topological polar surface area (TPSA) is 35.2 Å². The van der Waals surface area contributed by atoms with Gasteiger partial charge in [-0.05, 0) is 42.9 Å². The van der Waals surface area contributed by atoms with E-state index in [9.17, 15) is 0 Å². The predicted molar refractivity (Wildman–Crippen MR) is 78.2 cm³/mol. The van der Waals surface area contributed by atoms with Crippen LogP contribution in [0.3, 0.4) is 0 Å². The van der Waals surface area contributed by atoms with Crippen molar-refractivity contribution < 1.29 is 4.74 Å². The van der Waals surface area contributed by atoms with Crippen molar-refractivity contribution in [1.82, 2.24) is 0 Å². The summed E-state index contributed by atoms with van der Waals surface area (Å²) in [6, 6.07) is 5.76. The Labute approximate surface area is 115 Å². The molecule has 2 nitrogen and oxygen atoms in total. The van der Waals surface area contributed by atoms with Gasteiger partial charge in [0.1, 0.15) is 5.75 Å². The predicted octanol–water partition coefficient (Wildman–Crippen LogP) is 4.42. The standard InChI is InChI=1S/C15H24ClNO/c1-10(2)7-11(3)9-18-15-6-5-13(12(4)17)8-14(15)16/h5-6,8,10-12H,7,9,17H2,1-4H3/t11?,12-/m0/s1. The van der Waals surface area contributed by atoms with E-state index in [1.54, 1.807) is 0 Å². The Morgan fingerprint density at radius 2 is 1.89 bits per heavy atom. The average Bonchev–Trinajstić information content (AvgIpc) is 2.26. The lowest BCUT2D eigenvalue weighted by Gasteiger charge is -2.16. The monoisotopic (exact) mass is 269 g/mol. The summed E-state index contributed by atoms with van der Waals surface area (Å²) in [5.74, 6) is 1.98. The van der Waals surface area contributed by atoms with Crippen molar-refractivity contribution in [1.29, 1.82) is 0 Å². The number of nitrogens with two attached hydrogens (primary N) is 1. The molecule has 0 spiro atoms. The normalized spacial score (nSPS) is 14.6. The smallest absolute Gasteiger partial charge is 0.137 e. The second kappa shape index (κ2) is 7.01. The minimum atomic E-state index is -0.00332. The van der Waals surface area contributed by atoms with Crippen molar-refractivity contribution in [3.05, 3.63) is 28.8 Å². The van der Waals surface area contributed by atoms with E-state index in [2.05, 4.69) is 20.8 Å². The van der Waals surface area contributed by atoms with Gasteiger partial charge in [0.05, 0.1) is 11.6 Å². The van der Waals surface area contributed by atoms with Gasteiger partial charge in [-0.3, -0.25) is 0 Å². The van der Waals surface area contributed by atoms with E-state index in [1.165, 1.54) is 0 Å². The van der Waals surface area contributed by atoms with Crippen LogP contribution in [0, 0.1) is 11.8 Å². The first-order valence-electron chi connectivity index (χ1n) is 6.58. The van der Waals surface area contributed by atoms with Crippen LogP contribution in [0.15, 0.2) is 18.2 Å². The summed E-state index contributed by atoms with van der Waals surface area (Å²) < 4.78 is 5.76. The van der Waals surface area contributed by atoms with Crippen molar-refractivity contribution in [3.8, 4) is 5.75 Å². The maximum absolute atomic E-state index is 6.18. The van der Waals surface area contributed by atoms with Crippen LogP contribution < -0.4 is 10.5 Å². The molecule has 0 bridgehead atoms. The number of ether oxygens (including phenoxy) is 1. The molecule has 0 saturated heterocycles. The number of hydrogen-bond donors (Lipinski definition) is 1. The number of halogens is 1. The molecule has 0 radical (unpaired) electrons. The number of rotatable bonds is 6. The average molecular weight is 270 g/mol. The fourth-order valence-corrected chi connectivity index (χ4v) is 2.27. The van der Waals surface area contributed by atoms with Gasteiger partial charge in [-0.25, -0.2) is 0 Å². The van der Waals surface area contributed by atoms with E-state index >= 15 is 0 Å². The van der Waals surface area contributed by atoms with Crippen LogP contribution in [0.1, 0.15) is 45.7 Å². The molecule has 102 valence electrons. The highest BCUT2D eigenvalue weighted by atomic mass is 35.5. The molecule has 18 heavy (non-hydrogen) atoms. The zero-order chi connectivity index (χ0) is 13.7. The SMILES string of the molecule is CC(C)CC(C)COc1ccc([C@H](C)N)cc1Cl. The van der Waals surface area contributed by atoms with Crippen LogP contribution in [0.4, 0.5) is 0 Å². The third-order valence-electron chi connectivity index (χ3n) is 2.88. The van der Waals surface area contributed by atoms with Gasteiger partial charge < -0.3 is 10.5 Å². The van der Waals surface area contributed by atoms with Crippen LogP contribution in [0.5, 0.6) is 5.75 Å².